The highest BCUT2D eigenvalue weighted by Gasteiger charge is 2.30. The van der Waals surface area contributed by atoms with Crippen LogP contribution in [0.2, 0.25) is 0 Å². The fourth-order valence-corrected chi connectivity index (χ4v) is 2.89. The molecular formula is C21H18F3N3O. The highest BCUT2D eigenvalue weighted by atomic mass is 19.4. The standard InChI is InChI=1S/C21H18F3N3O/c1-3-20(28)26-17-7-8-18(19-12-27(2)13-25-19)15(11-17)9-14-5-4-6-16(10-14)21(22,23)24/h3-8,10-13H,1,9H2,2H3,(H,26,28). The third kappa shape index (κ3) is 4.49. The van der Waals surface area contributed by atoms with Crippen LogP contribution in [0.1, 0.15) is 16.7 Å². The van der Waals surface area contributed by atoms with Crippen molar-refractivity contribution in [3.63, 3.8) is 0 Å². The van der Waals surface area contributed by atoms with Gasteiger partial charge in [-0.05, 0) is 41.8 Å². The number of anilines is 1. The van der Waals surface area contributed by atoms with Gasteiger partial charge >= 0.3 is 6.18 Å². The largest absolute Gasteiger partial charge is 0.416 e. The van der Waals surface area contributed by atoms with Crippen LogP contribution in [0.5, 0.6) is 0 Å². The van der Waals surface area contributed by atoms with Gasteiger partial charge in [-0.2, -0.15) is 13.2 Å². The van der Waals surface area contributed by atoms with Crippen molar-refractivity contribution in [2.75, 3.05) is 5.32 Å². The summed E-state index contributed by atoms with van der Waals surface area (Å²) in [5.41, 5.74) is 2.59. The first-order valence-electron chi connectivity index (χ1n) is 8.47. The van der Waals surface area contributed by atoms with E-state index in [-0.39, 0.29) is 12.3 Å². The van der Waals surface area contributed by atoms with Gasteiger partial charge in [0.05, 0.1) is 17.6 Å². The van der Waals surface area contributed by atoms with E-state index in [9.17, 15) is 18.0 Å². The van der Waals surface area contributed by atoms with E-state index in [0.29, 0.717) is 16.9 Å². The summed E-state index contributed by atoms with van der Waals surface area (Å²) < 4.78 is 40.9. The Labute approximate surface area is 160 Å². The van der Waals surface area contributed by atoms with E-state index in [1.165, 1.54) is 6.07 Å². The third-order valence-electron chi connectivity index (χ3n) is 4.19. The van der Waals surface area contributed by atoms with Crippen LogP contribution in [0.25, 0.3) is 11.3 Å². The van der Waals surface area contributed by atoms with Gasteiger partial charge in [-0.3, -0.25) is 4.79 Å². The molecule has 28 heavy (non-hydrogen) atoms. The van der Waals surface area contributed by atoms with Gasteiger partial charge in [-0.15, -0.1) is 0 Å². The summed E-state index contributed by atoms with van der Waals surface area (Å²) in [4.78, 5) is 15.9. The van der Waals surface area contributed by atoms with Crippen LogP contribution < -0.4 is 5.32 Å². The average molecular weight is 385 g/mol. The van der Waals surface area contributed by atoms with Crippen LogP contribution in [0.3, 0.4) is 0 Å². The van der Waals surface area contributed by atoms with Crippen LogP contribution in [0.15, 0.2) is 67.6 Å². The molecule has 1 N–H and O–H groups in total. The molecule has 0 saturated carbocycles. The summed E-state index contributed by atoms with van der Waals surface area (Å²) in [7, 11) is 1.83. The second kappa shape index (κ2) is 7.72. The number of rotatable bonds is 5. The van der Waals surface area contributed by atoms with Crippen molar-refractivity contribution in [3.05, 3.63) is 84.3 Å². The number of amides is 1. The number of halogens is 3. The summed E-state index contributed by atoms with van der Waals surface area (Å²) in [5.74, 6) is -0.365. The number of carbonyl (C=O) groups excluding carboxylic acids is 1. The highest BCUT2D eigenvalue weighted by molar-refractivity contribution is 5.99. The van der Waals surface area contributed by atoms with Gasteiger partial charge in [0.1, 0.15) is 0 Å². The van der Waals surface area contributed by atoms with Crippen molar-refractivity contribution in [2.45, 2.75) is 12.6 Å². The van der Waals surface area contributed by atoms with Gasteiger partial charge in [0.15, 0.2) is 0 Å². The molecule has 3 aromatic rings. The molecule has 0 unspecified atom stereocenters. The Balaban J connectivity index is 2.02. The number of aromatic nitrogens is 2. The lowest BCUT2D eigenvalue weighted by molar-refractivity contribution is -0.137. The molecule has 0 atom stereocenters. The number of nitrogens with zero attached hydrogens (tertiary/aromatic N) is 2. The van der Waals surface area contributed by atoms with Crippen LogP contribution in [0.4, 0.5) is 18.9 Å². The molecule has 2 aromatic carbocycles. The lowest BCUT2D eigenvalue weighted by Gasteiger charge is -2.13. The second-order valence-corrected chi connectivity index (χ2v) is 6.36. The first-order valence-corrected chi connectivity index (χ1v) is 8.47. The topological polar surface area (TPSA) is 46.9 Å². The first-order chi connectivity index (χ1) is 13.3. The Morgan fingerprint density at radius 2 is 2.04 bits per heavy atom. The maximum absolute atomic E-state index is 13.0. The average Bonchev–Trinajstić information content (AvgIpc) is 3.07. The van der Waals surface area contributed by atoms with Crippen LogP contribution >= 0.6 is 0 Å². The molecule has 0 aliphatic rings. The summed E-state index contributed by atoms with van der Waals surface area (Å²) in [6, 6.07) is 10.5. The minimum atomic E-state index is -4.40. The smallest absolute Gasteiger partial charge is 0.340 e. The molecule has 4 nitrogen and oxygen atoms in total. The third-order valence-corrected chi connectivity index (χ3v) is 4.19. The normalized spacial score (nSPS) is 11.3. The molecular weight excluding hydrogens is 367 g/mol. The van der Waals surface area contributed by atoms with Crippen LogP contribution in [0, 0.1) is 0 Å². The first kappa shape index (κ1) is 19.4. The number of carbonyl (C=O) groups is 1. The number of nitrogens with one attached hydrogen (secondary N) is 1. The van der Waals surface area contributed by atoms with Gasteiger partial charge in [0.2, 0.25) is 5.91 Å². The van der Waals surface area contributed by atoms with Gasteiger partial charge in [0, 0.05) is 24.5 Å². The van der Waals surface area contributed by atoms with Crippen molar-refractivity contribution in [1.82, 2.24) is 9.55 Å². The molecule has 0 aliphatic carbocycles. The van der Waals surface area contributed by atoms with Crippen molar-refractivity contribution in [2.24, 2.45) is 7.05 Å². The molecule has 144 valence electrons. The van der Waals surface area contributed by atoms with Gasteiger partial charge in [-0.25, -0.2) is 4.98 Å². The number of alkyl halides is 3. The molecule has 0 fully saturated rings. The Bertz CT molecular complexity index is 1020. The van der Waals surface area contributed by atoms with Crippen LogP contribution in [-0.4, -0.2) is 15.5 Å². The maximum atomic E-state index is 13.0. The molecule has 0 bridgehead atoms. The lowest BCUT2D eigenvalue weighted by Crippen LogP contribution is -2.08. The van der Waals surface area contributed by atoms with Gasteiger partial charge in [0.25, 0.3) is 0 Å². The number of imidazole rings is 1. The number of hydrogen-bond acceptors (Lipinski definition) is 2. The number of hydrogen-bond donors (Lipinski definition) is 1. The number of benzene rings is 2. The fraction of sp³-hybridized carbons (Fsp3) is 0.143. The molecule has 1 amide bonds. The summed E-state index contributed by atoms with van der Waals surface area (Å²) in [5, 5.41) is 2.67. The molecule has 7 heteroatoms. The van der Waals surface area contributed by atoms with E-state index >= 15 is 0 Å². The zero-order chi connectivity index (χ0) is 20.3. The lowest BCUT2D eigenvalue weighted by atomic mass is 9.96. The molecule has 3 rings (SSSR count). The van der Waals surface area contributed by atoms with Crippen molar-refractivity contribution < 1.29 is 18.0 Å². The Hall–Kier alpha value is -3.35. The van der Waals surface area contributed by atoms with E-state index in [2.05, 4.69) is 16.9 Å². The Morgan fingerprint density at radius 1 is 1.25 bits per heavy atom. The zero-order valence-electron chi connectivity index (χ0n) is 15.1. The summed E-state index contributed by atoms with van der Waals surface area (Å²) in [6.07, 6.45) is 0.482. The van der Waals surface area contributed by atoms with E-state index in [0.717, 1.165) is 29.3 Å². The predicted octanol–water partition coefficient (Wildman–Crippen LogP) is 4.82. The number of aryl methyl sites for hydroxylation is 1. The zero-order valence-corrected chi connectivity index (χ0v) is 15.1. The van der Waals surface area contributed by atoms with Crippen molar-refractivity contribution >= 4 is 11.6 Å². The van der Waals surface area contributed by atoms with Crippen molar-refractivity contribution in [1.29, 1.82) is 0 Å². The van der Waals surface area contributed by atoms with E-state index in [4.69, 9.17) is 0 Å². The molecule has 0 saturated heterocycles. The Morgan fingerprint density at radius 3 is 2.68 bits per heavy atom. The maximum Gasteiger partial charge on any atom is 0.416 e. The van der Waals surface area contributed by atoms with E-state index < -0.39 is 11.7 Å². The van der Waals surface area contributed by atoms with Crippen LogP contribution in [-0.2, 0) is 24.4 Å². The quantitative estimate of drug-likeness (QED) is 0.640. The molecule has 0 aliphatic heterocycles. The molecule has 1 heterocycles. The Kier molecular flexibility index (Phi) is 5.35. The summed E-state index contributed by atoms with van der Waals surface area (Å²) >= 11 is 0. The van der Waals surface area contributed by atoms with Gasteiger partial charge < -0.3 is 9.88 Å². The second-order valence-electron chi connectivity index (χ2n) is 6.36. The van der Waals surface area contributed by atoms with E-state index in [1.807, 2.05) is 13.2 Å². The highest BCUT2D eigenvalue weighted by Crippen LogP contribution is 2.32. The molecule has 0 radical (unpaired) electrons. The van der Waals surface area contributed by atoms with Gasteiger partial charge in [-0.1, -0.05) is 30.8 Å². The molecule has 0 spiro atoms. The minimum absolute atomic E-state index is 0.258. The fourth-order valence-electron chi connectivity index (χ4n) is 2.89. The van der Waals surface area contributed by atoms with Crippen molar-refractivity contribution in [3.8, 4) is 11.3 Å². The monoisotopic (exact) mass is 385 g/mol. The summed E-state index contributed by atoms with van der Waals surface area (Å²) in [6.45, 7) is 3.42. The SMILES string of the molecule is C=CC(=O)Nc1ccc(-c2cn(C)cn2)c(Cc2cccc(C(F)(F)F)c2)c1. The van der Waals surface area contributed by atoms with E-state index in [1.54, 1.807) is 35.2 Å². The molecule has 1 aromatic heterocycles. The minimum Gasteiger partial charge on any atom is -0.340 e. The predicted molar refractivity (Wildman–Crippen MR) is 102 cm³/mol.